The molecule has 45 heavy (non-hydrogen) atoms. The van der Waals surface area contributed by atoms with E-state index in [-0.39, 0.29) is 12.7 Å². The van der Waals surface area contributed by atoms with Gasteiger partial charge in [0.1, 0.15) is 11.5 Å². The summed E-state index contributed by atoms with van der Waals surface area (Å²) in [5.74, 6) is -0.215. The Balaban J connectivity index is 1.78. The zero-order valence-corrected chi connectivity index (χ0v) is 28.4. The van der Waals surface area contributed by atoms with E-state index in [1.807, 2.05) is 65.0 Å². The average molecular weight is 638 g/mol. The van der Waals surface area contributed by atoms with E-state index in [0.717, 1.165) is 59.1 Å². The summed E-state index contributed by atoms with van der Waals surface area (Å²) in [5.41, 5.74) is 5.28. The molecule has 1 aliphatic carbocycles. The number of anilines is 1. The van der Waals surface area contributed by atoms with Crippen LogP contribution in [0.1, 0.15) is 100 Å². The Labute approximate surface area is 269 Å². The number of carbonyl (C=O) groups excluding carboxylic acids is 2. The number of ether oxygens (including phenoxy) is 3. The van der Waals surface area contributed by atoms with E-state index < -0.39 is 33.5 Å². The van der Waals surface area contributed by atoms with Crippen LogP contribution in [0.5, 0.6) is 0 Å². The number of methoxy groups -OCH3 is 2. The van der Waals surface area contributed by atoms with E-state index in [9.17, 15) is 14.1 Å². The second kappa shape index (κ2) is 13.5. The van der Waals surface area contributed by atoms with Crippen molar-refractivity contribution in [2.24, 2.45) is 5.41 Å². The van der Waals surface area contributed by atoms with Gasteiger partial charge in [0.15, 0.2) is 0 Å². The number of esters is 1. The minimum absolute atomic E-state index is 0.135. The molecule has 3 aromatic rings. The van der Waals surface area contributed by atoms with Crippen LogP contribution in [-0.4, -0.2) is 53.4 Å². The molecule has 0 bridgehead atoms. The van der Waals surface area contributed by atoms with Crippen molar-refractivity contribution in [3.8, 4) is 11.3 Å². The number of carbonyl (C=O) groups is 2. The summed E-state index contributed by atoms with van der Waals surface area (Å²) in [6.45, 7) is 10.6. The molecular weight excluding hydrogens is 590 g/mol. The van der Waals surface area contributed by atoms with E-state index in [2.05, 4.69) is 20.7 Å². The maximum Gasteiger partial charge on any atom is 0.337 e. The van der Waals surface area contributed by atoms with Crippen molar-refractivity contribution in [1.82, 2.24) is 9.29 Å². The maximum absolute atomic E-state index is 13.8. The Hall–Kier alpha value is -2.89. The van der Waals surface area contributed by atoms with Crippen LogP contribution in [0.15, 0.2) is 36.4 Å². The van der Waals surface area contributed by atoms with Crippen molar-refractivity contribution in [3.05, 3.63) is 53.1 Å². The topological polar surface area (TPSA) is 114 Å². The largest absolute Gasteiger partial charge is 0.598 e. The van der Waals surface area contributed by atoms with Crippen LogP contribution >= 0.6 is 0 Å². The third kappa shape index (κ3) is 6.53. The molecule has 1 fully saturated rings. The summed E-state index contributed by atoms with van der Waals surface area (Å²) in [5, 5.41) is 4.34. The second-order valence-corrected chi connectivity index (χ2v) is 15.7. The minimum atomic E-state index is -1.40. The van der Waals surface area contributed by atoms with Crippen LogP contribution in [0.4, 0.5) is 5.69 Å². The highest BCUT2D eigenvalue weighted by atomic mass is 32.2. The fourth-order valence-electron chi connectivity index (χ4n) is 6.68. The van der Waals surface area contributed by atoms with Crippen LogP contribution in [-0.2, 0) is 36.9 Å². The normalized spacial score (nSPS) is 19.3. The number of nitrogens with zero attached hydrogens (tertiary/aromatic N) is 1. The standard InChI is InChI=1S/C35H47N3O6S/c1-34(2,3)45(41)37-31-26-15-11-14-25(29(26)36-33(40)35(31,4)5)30-28(22-12-9-8-10-13-22)24-17-16-23(32(39)43-7)20-27(24)38(30)18-19-44-21-42-6/h11,14-17,20,22,31,37H,8-10,12-13,18-19,21H2,1-7H3,(H,36,40)/t31-,45?/m0/s1. The molecular formula is C35H47N3O6S. The number of benzene rings is 2. The molecule has 0 spiro atoms. The smallest absolute Gasteiger partial charge is 0.337 e. The van der Waals surface area contributed by atoms with Gasteiger partial charge in [-0.15, -0.1) is 4.72 Å². The summed E-state index contributed by atoms with van der Waals surface area (Å²) in [6, 6.07) is 11.4. The van der Waals surface area contributed by atoms with Gasteiger partial charge in [-0.2, -0.15) is 0 Å². The summed E-state index contributed by atoms with van der Waals surface area (Å²) in [7, 11) is 2.98. The van der Waals surface area contributed by atoms with E-state index in [0.29, 0.717) is 24.6 Å². The number of para-hydroxylation sites is 1. The fraction of sp³-hybridized carbons (Fsp3) is 0.543. The van der Waals surface area contributed by atoms with E-state index in [1.54, 1.807) is 7.11 Å². The molecule has 0 saturated heterocycles. The molecule has 1 aromatic heterocycles. The molecule has 244 valence electrons. The van der Waals surface area contributed by atoms with Gasteiger partial charge in [-0.05, 0) is 76.6 Å². The van der Waals surface area contributed by atoms with Crippen molar-refractivity contribution in [2.45, 2.75) is 90.0 Å². The van der Waals surface area contributed by atoms with Gasteiger partial charge in [-0.3, -0.25) is 4.79 Å². The minimum Gasteiger partial charge on any atom is -0.598 e. The molecule has 2 atom stereocenters. The van der Waals surface area contributed by atoms with Gasteiger partial charge in [0.05, 0.1) is 42.1 Å². The number of rotatable bonds is 10. The molecule has 9 nitrogen and oxygen atoms in total. The number of nitrogens with one attached hydrogen (secondary N) is 2. The molecule has 1 amide bonds. The van der Waals surface area contributed by atoms with Crippen LogP contribution in [0, 0.1) is 5.41 Å². The lowest BCUT2D eigenvalue weighted by molar-refractivity contribution is -0.125. The zero-order valence-electron chi connectivity index (χ0n) is 27.6. The van der Waals surface area contributed by atoms with E-state index in [1.165, 1.54) is 19.1 Å². The third-order valence-electron chi connectivity index (χ3n) is 9.19. The number of fused-ring (bicyclic) bond motifs is 2. The first-order valence-corrected chi connectivity index (χ1v) is 17.0. The monoisotopic (exact) mass is 637 g/mol. The van der Waals surface area contributed by atoms with Crippen molar-refractivity contribution in [1.29, 1.82) is 0 Å². The van der Waals surface area contributed by atoms with Crippen LogP contribution < -0.4 is 10.0 Å². The van der Waals surface area contributed by atoms with E-state index in [4.69, 9.17) is 14.2 Å². The maximum atomic E-state index is 13.8. The molecule has 2 N–H and O–H groups in total. The number of hydrogen-bond donors (Lipinski definition) is 2. The fourth-order valence-corrected chi connectivity index (χ4v) is 7.67. The molecule has 10 heteroatoms. The van der Waals surface area contributed by atoms with Crippen molar-refractivity contribution in [3.63, 3.8) is 0 Å². The lowest BCUT2D eigenvalue weighted by Gasteiger charge is -2.41. The highest BCUT2D eigenvalue weighted by molar-refractivity contribution is 7.90. The Morgan fingerprint density at radius 2 is 1.87 bits per heavy atom. The molecule has 2 aromatic carbocycles. The lowest BCUT2D eigenvalue weighted by Crippen LogP contribution is -2.51. The van der Waals surface area contributed by atoms with Gasteiger partial charge in [-0.25, -0.2) is 4.79 Å². The first-order chi connectivity index (χ1) is 21.4. The number of hydrogen-bond acceptors (Lipinski definition) is 7. The van der Waals surface area contributed by atoms with Crippen molar-refractivity contribution >= 4 is 39.8 Å². The highest BCUT2D eigenvalue weighted by Gasteiger charge is 2.47. The molecule has 5 rings (SSSR count). The average Bonchev–Trinajstić information content (AvgIpc) is 3.34. The number of aromatic nitrogens is 1. The zero-order chi connectivity index (χ0) is 32.5. The Kier molecular flexibility index (Phi) is 10.0. The Morgan fingerprint density at radius 3 is 2.53 bits per heavy atom. The first kappa shape index (κ1) is 33.5. The summed E-state index contributed by atoms with van der Waals surface area (Å²) >= 11 is -1.40. The highest BCUT2D eigenvalue weighted by Crippen LogP contribution is 2.50. The molecule has 1 unspecified atom stereocenters. The van der Waals surface area contributed by atoms with Crippen LogP contribution in [0.25, 0.3) is 22.2 Å². The Morgan fingerprint density at radius 1 is 1.13 bits per heavy atom. The predicted molar refractivity (Wildman–Crippen MR) is 179 cm³/mol. The van der Waals surface area contributed by atoms with Gasteiger partial charge in [0.25, 0.3) is 0 Å². The van der Waals surface area contributed by atoms with Crippen molar-refractivity contribution in [2.75, 3.05) is 32.9 Å². The summed E-state index contributed by atoms with van der Waals surface area (Å²) in [6.07, 6.45) is 5.64. The van der Waals surface area contributed by atoms with Crippen LogP contribution in [0.3, 0.4) is 0 Å². The Bertz CT molecular complexity index is 1550. The lowest BCUT2D eigenvalue weighted by atomic mass is 9.75. The molecule has 1 aliphatic heterocycles. The second-order valence-electron chi connectivity index (χ2n) is 13.7. The first-order valence-electron chi connectivity index (χ1n) is 15.8. The molecule has 1 saturated carbocycles. The molecule has 2 heterocycles. The van der Waals surface area contributed by atoms with E-state index >= 15 is 0 Å². The van der Waals surface area contributed by atoms with Gasteiger partial charge >= 0.3 is 5.97 Å². The van der Waals surface area contributed by atoms with Gasteiger partial charge in [0, 0.05) is 41.5 Å². The summed E-state index contributed by atoms with van der Waals surface area (Å²) < 4.78 is 34.5. The third-order valence-corrected chi connectivity index (χ3v) is 10.8. The van der Waals surface area contributed by atoms with Crippen LogP contribution in [0.2, 0.25) is 0 Å². The molecule has 0 radical (unpaired) electrons. The summed E-state index contributed by atoms with van der Waals surface area (Å²) in [4.78, 5) is 26.5. The van der Waals surface area contributed by atoms with Crippen molar-refractivity contribution < 1.29 is 28.4 Å². The van der Waals surface area contributed by atoms with Gasteiger partial charge in [-0.1, -0.05) is 43.5 Å². The number of amides is 1. The molecule has 2 aliphatic rings. The quantitative estimate of drug-likeness (QED) is 0.108. The van der Waals surface area contributed by atoms with Gasteiger partial charge < -0.3 is 28.6 Å². The van der Waals surface area contributed by atoms with Gasteiger partial charge in [0.2, 0.25) is 5.91 Å². The SMILES string of the molecule is COCOCCn1c(-c2cccc3c2NC(=O)C(C)(C)[C@H]3N[S+]([O-])C(C)(C)C)c(C2CCCCC2)c2ccc(C(=O)OC)cc21. The predicted octanol–water partition coefficient (Wildman–Crippen LogP) is 6.83.